The molecule has 16 heavy (non-hydrogen) atoms. The molecule has 0 aliphatic rings. The SMILES string of the molecule is CCO[Si](C)(C)Cc1c(F)cc(F)cc1F. The summed E-state index contributed by atoms with van der Waals surface area (Å²) in [5.74, 6) is -2.56. The first-order valence-corrected chi connectivity index (χ1v) is 8.24. The minimum atomic E-state index is -2.13. The van der Waals surface area contributed by atoms with E-state index in [1.54, 1.807) is 0 Å². The van der Waals surface area contributed by atoms with Crippen LogP contribution in [0.25, 0.3) is 0 Å². The standard InChI is InChI=1S/C11H15F3OSi/c1-4-15-16(2,3)7-9-10(13)5-8(12)6-11(9)14/h5-6H,4,7H2,1-3H3. The Morgan fingerprint density at radius 3 is 2.06 bits per heavy atom. The maximum Gasteiger partial charge on any atom is 0.191 e. The van der Waals surface area contributed by atoms with Crippen LogP contribution in [0.5, 0.6) is 0 Å². The van der Waals surface area contributed by atoms with Crippen LogP contribution < -0.4 is 0 Å². The van der Waals surface area contributed by atoms with Gasteiger partial charge in [-0.25, -0.2) is 13.2 Å². The lowest BCUT2D eigenvalue weighted by Gasteiger charge is -2.22. The molecule has 0 fully saturated rings. The van der Waals surface area contributed by atoms with Gasteiger partial charge in [-0.2, -0.15) is 0 Å². The van der Waals surface area contributed by atoms with Crippen LogP contribution in [0.4, 0.5) is 13.2 Å². The molecular formula is C11H15F3OSi. The Kier molecular flexibility index (Phi) is 4.15. The van der Waals surface area contributed by atoms with Gasteiger partial charge in [0.25, 0.3) is 0 Å². The molecule has 0 saturated carbocycles. The van der Waals surface area contributed by atoms with Crippen LogP contribution in [-0.2, 0) is 10.5 Å². The van der Waals surface area contributed by atoms with Gasteiger partial charge in [0, 0.05) is 24.3 Å². The first-order valence-electron chi connectivity index (χ1n) is 5.13. The van der Waals surface area contributed by atoms with Crippen molar-refractivity contribution in [2.75, 3.05) is 6.61 Å². The van der Waals surface area contributed by atoms with Gasteiger partial charge in [-0.3, -0.25) is 0 Å². The molecule has 0 spiro atoms. The van der Waals surface area contributed by atoms with Crippen LogP contribution in [0.3, 0.4) is 0 Å². The van der Waals surface area contributed by atoms with Gasteiger partial charge in [-0.1, -0.05) is 0 Å². The van der Waals surface area contributed by atoms with Crippen LogP contribution in [-0.4, -0.2) is 14.9 Å². The molecule has 0 saturated heterocycles. The Hall–Kier alpha value is -0.813. The summed E-state index contributed by atoms with van der Waals surface area (Å²) in [5.41, 5.74) is -0.0773. The van der Waals surface area contributed by atoms with E-state index in [4.69, 9.17) is 4.43 Å². The summed E-state index contributed by atoms with van der Waals surface area (Å²) >= 11 is 0. The third-order valence-corrected chi connectivity index (χ3v) is 4.52. The topological polar surface area (TPSA) is 9.23 Å². The molecule has 0 aromatic heterocycles. The number of rotatable bonds is 4. The summed E-state index contributed by atoms with van der Waals surface area (Å²) in [6, 6.07) is 1.61. The fourth-order valence-electron chi connectivity index (χ4n) is 1.61. The second-order valence-electron chi connectivity index (χ2n) is 4.22. The molecule has 0 bridgehead atoms. The molecule has 0 amide bonds. The number of hydrogen-bond acceptors (Lipinski definition) is 1. The molecule has 0 aliphatic carbocycles. The summed E-state index contributed by atoms with van der Waals surface area (Å²) in [4.78, 5) is 0. The Balaban J connectivity index is 2.97. The molecular weight excluding hydrogens is 233 g/mol. The molecule has 90 valence electrons. The average molecular weight is 248 g/mol. The highest BCUT2D eigenvalue weighted by Crippen LogP contribution is 2.20. The summed E-state index contributed by atoms with van der Waals surface area (Å²) in [5, 5.41) is 0. The van der Waals surface area contributed by atoms with E-state index in [-0.39, 0.29) is 11.6 Å². The van der Waals surface area contributed by atoms with Crippen molar-refractivity contribution in [1.29, 1.82) is 0 Å². The van der Waals surface area contributed by atoms with Crippen LogP contribution in [0.15, 0.2) is 12.1 Å². The monoisotopic (exact) mass is 248 g/mol. The van der Waals surface area contributed by atoms with E-state index in [1.165, 1.54) is 0 Å². The highest BCUT2D eigenvalue weighted by molar-refractivity contribution is 6.70. The zero-order valence-electron chi connectivity index (χ0n) is 9.61. The van der Waals surface area contributed by atoms with E-state index in [9.17, 15) is 13.2 Å². The molecule has 5 heteroatoms. The van der Waals surface area contributed by atoms with Crippen molar-refractivity contribution < 1.29 is 17.6 Å². The third-order valence-electron chi connectivity index (χ3n) is 2.24. The molecule has 0 radical (unpaired) electrons. The van der Waals surface area contributed by atoms with Crippen molar-refractivity contribution in [2.45, 2.75) is 26.1 Å². The van der Waals surface area contributed by atoms with Crippen molar-refractivity contribution in [3.05, 3.63) is 35.1 Å². The summed E-state index contributed by atoms with van der Waals surface area (Å²) < 4.78 is 44.9. The molecule has 0 atom stereocenters. The average Bonchev–Trinajstić information content (AvgIpc) is 2.11. The lowest BCUT2D eigenvalue weighted by molar-refractivity contribution is 0.327. The normalized spacial score (nSPS) is 11.9. The van der Waals surface area contributed by atoms with Gasteiger partial charge in [0.1, 0.15) is 17.5 Å². The number of benzene rings is 1. The van der Waals surface area contributed by atoms with Crippen molar-refractivity contribution in [3.8, 4) is 0 Å². The Morgan fingerprint density at radius 1 is 1.12 bits per heavy atom. The van der Waals surface area contributed by atoms with Gasteiger partial charge in [0.05, 0.1) is 0 Å². The number of hydrogen-bond donors (Lipinski definition) is 0. The Morgan fingerprint density at radius 2 is 1.62 bits per heavy atom. The van der Waals surface area contributed by atoms with E-state index >= 15 is 0 Å². The number of halogens is 3. The predicted octanol–water partition coefficient (Wildman–Crippen LogP) is 3.43. The van der Waals surface area contributed by atoms with Crippen LogP contribution >= 0.6 is 0 Å². The van der Waals surface area contributed by atoms with Crippen LogP contribution in [0, 0.1) is 17.5 Å². The lowest BCUT2D eigenvalue weighted by Crippen LogP contribution is -2.34. The van der Waals surface area contributed by atoms with Crippen molar-refractivity contribution in [1.82, 2.24) is 0 Å². The molecule has 1 aromatic carbocycles. The van der Waals surface area contributed by atoms with Gasteiger partial charge in [0.15, 0.2) is 8.32 Å². The molecule has 1 nitrogen and oxygen atoms in total. The second kappa shape index (κ2) is 5.01. The molecule has 1 aromatic rings. The fourth-order valence-corrected chi connectivity index (χ4v) is 3.68. The largest absolute Gasteiger partial charge is 0.417 e. The highest BCUT2D eigenvalue weighted by Gasteiger charge is 2.26. The maximum atomic E-state index is 13.4. The summed E-state index contributed by atoms with van der Waals surface area (Å²) in [6.07, 6.45) is 0. The highest BCUT2D eigenvalue weighted by atomic mass is 28.4. The van der Waals surface area contributed by atoms with Gasteiger partial charge in [0.2, 0.25) is 0 Å². The Labute approximate surface area is 94.4 Å². The third kappa shape index (κ3) is 3.35. The zero-order chi connectivity index (χ0) is 12.3. The predicted molar refractivity (Wildman–Crippen MR) is 59.1 cm³/mol. The van der Waals surface area contributed by atoms with Crippen molar-refractivity contribution in [3.63, 3.8) is 0 Å². The smallest absolute Gasteiger partial charge is 0.191 e. The first kappa shape index (κ1) is 13.3. The van der Waals surface area contributed by atoms with E-state index < -0.39 is 25.8 Å². The molecule has 0 unspecified atom stereocenters. The first-order chi connectivity index (χ1) is 7.35. The maximum absolute atomic E-state index is 13.4. The van der Waals surface area contributed by atoms with Crippen LogP contribution in [0.1, 0.15) is 12.5 Å². The lowest BCUT2D eigenvalue weighted by atomic mass is 10.2. The van der Waals surface area contributed by atoms with Crippen LogP contribution in [0.2, 0.25) is 13.1 Å². The van der Waals surface area contributed by atoms with E-state index in [0.717, 1.165) is 0 Å². The van der Waals surface area contributed by atoms with Crippen molar-refractivity contribution in [2.24, 2.45) is 0 Å². The molecule has 1 rings (SSSR count). The van der Waals surface area contributed by atoms with Gasteiger partial charge < -0.3 is 4.43 Å². The van der Waals surface area contributed by atoms with E-state index in [2.05, 4.69) is 0 Å². The van der Waals surface area contributed by atoms with Gasteiger partial charge >= 0.3 is 0 Å². The molecule has 0 N–H and O–H groups in total. The quantitative estimate of drug-likeness (QED) is 0.742. The summed E-state index contributed by atoms with van der Waals surface area (Å²) in [7, 11) is -2.13. The molecule has 0 heterocycles. The minimum absolute atomic E-state index is 0.0773. The fraction of sp³-hybridized carbons (Fsp3) is 0.455. The second-order valence-corrected chi connectivity index (χ2v) is 8.38. The Bertz CT molecular complexity index is 356. The molecule has 0 aliphatic heterocycles. The zero-order valence-corrected chi connectivity index (χ0v) is 10.6. The van der Waals surface area contributed by atoms with E-state index in [1.807, 2.05) is 20.0 Å². The van der Waals surface area contributed by atoms with E-state index in [0.29, 0.717) is 18.7 Å². The summed E-state index contributed by atoms with van der Waals surface area (Å²) in [6.45, 7) is 6.10. The minimum Gasteiger partial charge on any atom is -0.417 e. The van der Waals surface area contributed by atoms with Gasteiger partial charge in [-0.15, -0.1) is 0 Å². The van der Waals surface area contributed by atoms with Gasteiger partial charge in [-0.05, 0) is 26.1 Å². The van der Waals surface area contributed by atoms with Crippen molar-refractivity contribution >= 4 is 8.32 Å².